The van der Waals surface area contributed by atoms with Gasteiger partial charge in [-0.1, -0.05) is 43.4 Å². The van der Waals surface area contributed by atoms with Gasteiger partial charge in [0.15, 0.2) is 0 Å². The topological polar surface area (TPSA) is 29.1 Å². The fourth-order valence-corrected chi connectivity index (χ4v) is 1.93. The molecule has 0 heterocycles. The Morgan fingerprint density at radius 1 is 1.55 bits per heavy atom. The number of hydrogen-bond donors (Lipinski definition) is 1. The first-order valence-corrected chi connectivity index (χ1v) is 5.49. The van der Waals surface area contributed by atoms with Gasteiger partial charge in [-0.25, -0.2) is 0 Å². The second-order valence-electron chi connectivity index (χ2n) is 2.93. The van der Waals surface area contributed by atoms with Gasteiger partial charge in [-0.05, 0) is 5.92 Å². The molecule has 0 saturated heterocycles. The molecule has 0 aliphatic carbocycles. The summed E-state index contributed by atoms with van der Waals surface area (Å²) in [5.74, 6) is 0.683. The Balaban J connectivity index is 3.78. The first kappa shape index (κ1) is 11.2. The number of nitrogens with one attached hydrogen (secondary N) is 1. The van der Waals surface area contributed by atoms with Crippen LogP contribution in [0.4, 0.5) is 0 Å². The lowest BCUT2D eigenvalue weighted by Gasteiger charge is -2.19. The van der Waals surface area contributed by atoms with Gasteiger partial charge < -0.3 is 5.32 Å². The van der Waals surface area contributed by atoms with Crippen molar-refractivity contribution in [2.45, 2.75) is 33.2 Å². The van der Waals surface area contributed by atoms with Crippen molar-refractivity contribution < 1.29 is 4.79 Å². The minimum Gasteiger partial charge on any atom is -0.352 e. The standard InChI is InChI=1S/C8H16INO/c1-4-8(11)10-7(5-9)6(2)3/h6-7H,4-5H2,1-3H3,(H,10,11). The van der Waals surface area contributed by atoms with Gasteiger partial charge in [-0.15, -0.1) is 0 Å². The lowest BCUT2D eigenvalue weighted by atomic mass is 10.1. The zero-order valence-electron chi connectivity index (χ0n) is 7.36. The van der Waals surface area contributed by atoms with E-state index < -0.39 is 0 Å². The number of carbonyl (C=O) groups excluding carboxylic acids is 1. The van der Waals surface area contributed by atoms with Crippen molar-refractivity contribution in [2.24, 2.45) is 5.92 Å². The first-order chi connectivity index (χ1) is 5.11. The predicted molar refractivity (Wildman–Crippen MR) is 55.9 cm³/mol. The minimum absolute atomic E-state index is 0.153. The van der Waals surface area contributed by atoms with Crippen molar-refractivity contribution in [3.63, 3.8) is 0 Å². The SMILES string of the molecule is CCC(=O)NC(CI)C(C)C. The normalized spacial score (nSPS) is 13.2. The zero-order chi connectivity index (χ0) is 8.85. The Bertz CT molecular complexity index is 125. The smallest absolute Gasteiger partial charge is 0.219 e. The summed E-state index contributed by atoms with van der Waals surface area (Å²) in [6, 6.07) is 0.336. The number of carbonyl (C=O) groups is 1. The van der Waals surface area contributed by atoms with Crippen LogP contribution in [0.2, 0.25) is 0 Å². The largest absolute Gasteiger partial charge is 0.352 e. The van der Waals surface area contributed by atoms with E-state index in [1.54, 1.807) is 0 Å². The summed E-state index contributed by atoms with van der Waals surface area (Å²) >= 11 is 2.30. The molecular formula is C8H16INO. The molecule has 1 N–H and O–H groups in total. The van der Waals surface area contributed by atoms with Crippen molar-refractivity contribution in [1.29, 1.82) is 0 Å². The van der Waals surface area contributed by atoms with E-state index in [2.05, 4.69) is 41.8 Å². The average molecular weight is 269 g/mol. The van der Waals surface area contributed by atoms with E-state index in [-0.39, 0.29) is 5.91 Å². The number of alkyl halides is 1. The summed E-state index contributed by atoms with van der Waals surface area (Å²) in [6.45, 7) is 6.12. The third kappa shape index (κ3) is 4.61. The highest BCUT2D eigenvalue weighted by Crippen LogP contribution is 2.04. The van der Waals surface area contributed by atoms with Crippen LogP contribution in [0.5, 0.6) is 0 Å². The molecule has 1 atom stereocenters. The number of halogens is 1. The number of rotatable bonds is 4. The van der Waals surface area contributed by atoms with Crippen LogP contribution in [-0.2, 0) is 4.79 Å². The van der Waals surface area contributed by atoms with E-state index in [9.17, 15) is 4.79 Å². The molecule has 0 radical (unpaired) electrons. The third-order valence-electron chi connectivity index (χ3n) is 1.64. The molecule has 0 aromatic heterocycles. The Morgan fingerprint density at radius 2 is 2.09 bits per heavy atom. The Labute approximate surface area is 82.3 Å². The lowest BCUT2D eigenvalue weighted by molar-refractivity contribution is -0.121. The van der Waals surface area contributed by atoms with Gasteiger partial charge in [0, 0.05) is 16.9 Å². The molecular weight excluding hydrogens is 253 g/mol. The van der Waals surface area contributed by atoms with E-state index in [1.807, 2.05) is 6.92 Å². The molecule has 0 rings (SSSR count). The van der Waals surface area contributed by atoms with E-state index in [4.69, 9.17) is 0 Å². The van der Waals surface area contributed by atoms with Crippen molar-refractivity contribution in [1.82, 2.24) is 5.32 Å². The van der Waals surface area contributed by atoms with Gasteiger partial charge in [0.05, 0.1) is 0 Å². The molecule has 0 aromatic rings. The highest BCUT2D eigenvalue weighted by atomic mass is 127. The van der Waals surface area contributed by atoms with Gasteiger partial charge in [-0.2, -0.15) is 0 Å². The maximum absolute atomic E-state index is 11.0. The van der Waals surface area contributed by atoms with Crippen LogP contribution >= 0.6 is 22.6 Å². The Kier molecular flexibility index (Phi) is 5.91. The van der Waals surface area contributed by atoms with E-state index >= 15 is 0 Å². The predicted octanol–water partition coefficient (Wildman–Crippen LogP) is 1.97. The van der Waals surface area contributed by atoms with Gasteiger partial charge in [-0.3, -0.25) is 4.79 Å². The second kappa shape index (κ2) is 5.80. The summed E-state index contributed by atoms with van der Waals surface area (Å²) in [6.07, 6.45) is 0.583. The Hall–Kier alpha value is 0.200. The summed E-state index contributed by atoms with van der Waals surface area (Å²) < 4.78 is 0.987. The summed E-state index contributed by atoms with van der Waals surface area (Å²) in [4.78, 5) is 11.0. The molecule has 1 unspecified atom stereocenters. The first-order valence-electron chi connectivity index (χ1n) is 3.97. The molecule has 0 aromatic carbocycles. The van der Waals surface area contributed by atoms with E-state index in [0.717, 1.165) is 4.43 Å². The van der Waals surface area contributed by atoms with Gasteiger partial charge in [0.2, 0.25) is 5.91 Å². The van der Waals surface area contributed by atoms with Crippen LogP contribution in [0.15, 0.2) is 0 Å². The molecule has 0 aliphatic heterocycles. The summed E-state index contributed by atoms with van der Waals surface area (Å²) in [5, 5.41) is 2.97. The van der Waals surface area contributed by atoms with Crippen molar-refractivity contribution in [2.75, 3.05) is 4.43 Å². The molecule has 0 saturated carbocycles. The monoisotopic (exact) mass is 269 g/mol. The molecule has 0 aliphatic rings. The molecule has 66 valence electrons. The van der Waals surface area contributed by atoms with Crippen LogP contribution in [0.3, 0.4) is 0 Å². The number of hydrogen-bond acceptors (Lipinski definition) is 1. The lowest BCUT2D eigenvalue weighted by Crippen LogP contribution is -2.39. The van der Waals surface area contributed by atoms with E-state index in [1.165, 1.54) is 0 Å². The van der Waals surface area contributed by atoms with Crippen LogP contribution in [0.1, 0.15) is 27.2 Å². The van der Waals surface area contributed by atoms with Crippen LogP contribution < -0.4 is 5.32 Å². The fourth-order valence-electron chi connectivity index (χ4n) is 0.692. The summed E-state index contributed by atoms with van der Waals surface area (Å²) in [7, 11) is 0. The maximum atomic E-state index is 11.0. The van der Waals surface area contributed by atoms with E-state index in [0.29, 0.717) is 18.4 Å². The molecule has 0 bridgehead atoms. The van der Waals surface area contributed by atoms with Gasteiger partial charge in [0.1, 0.15) is 0 Å². The van der Waals surface area contributed by atoms with Crippen LogP contribution in [0, 0.1) is 5.92 Å². The second-order valence-corrected chi connectivity index (χ2v) is 3.81. The maximum Gasteiger partial charge on any atom is 0.219 e. The van der Waals surface area contributed by atoms with Gasteiger partial charge in [0.25, 0.3) is 0 Å². The third-order valence-corrected chi connectivity index (χ3v) is 2.59. The van der Waals surface area contributed by atoms with Crippen molar-refractivity contribution in [3.05, 3.63) is 0 Å². The molecule has 0 fully saturated rings. The average Bonchev–Trinajstić information content (AvgIpc) is 1.99. The molecule has 0 spiro atoms. The highest BCUT2D eigenvalue weighted by Gasteiger charge is 2.12. The molecule has 1 amide bonds. The quantitative estimate of drug-likeness (QED) is 0.613. The Morgan fingerprint density at radius 3 is 2.36 bits per heavy atom. The molecule has 2 nitrogen and oxygen atoms in total. The van der Waals surface area contributed by atoms with Gasteiger partial charge >= 0.3 is 0 Å². The zero-order valence-corrected chi connectivity index (χ0v) is 9.51. The molecule has 3 heteroatoms. The number of amides is 1. The summed E-state index contributed by atoms with van der Waals surface area (Å²) in [5.41, 5.74) is 0. The fraction of sp³-hybridized carbons (Fsp3) is 0.875. The highest BCUT2D eigenvalue weighted by molar-refractivity contribution is 14.1. The van der Waals surface area contributed by atoms with Crippen LogP contribution in [-0.4, -0.2) is 16.4 Å². The molecule has 11 heavy (non-hydrogen) atoms. The van der Waals surface area contributed by atoms with Crippen molar-refractivity contribution >= 4 is 28.5 Å². The van der Waals surface area contributed by atoms with Crippen LogP contribution in [0.25, 0.3) is 0 Å². The van der Waals surface area contributed by atoms with Crippen molar-refractivity contribution in [3.8, 4) is 0 Å². The minimum atomic E-state index is 0.153.